The molecule has 4 fully saturated rings. The van der Waals surface area contributed by atoms with Crippen LogP contribution >= 0.6 is 11.8 Å². The van der Waals surface area contributed by atoms with E-state index in [-0.39, 0.29) is 0 Å². The van der Waals surface area contributed by atoms with E-state index in [1.807, 2.05) is 0 Å². The summed E-state index contributed by atoms with van der Waals surface area (Å²) in [5.41, 5.74) is 0.941. The SMILES string of the molecule is CCCSC1C[C@H]2[C@@H]3C(C)CC4N(C)C(=O)CC[C@]4(C)[C@@H]3CC[C@]2(C)C1. The van der Waals surface area contributed by atoms with Crippen molar-refractivity contribution in [3.63, 3.8) is 0 Å². The Labute approximate surface area is 165 Å². The molecule has 1 heterocycles. The Morgan fingerprint density at radius 1 is 1.19 bits per heavy atom. The minimum atomic E-state index is 0.357. The summed E-state index contributed by atoms with van der Waals surface area (Å²) in [6.45, 7) is 10.0. The van der Waals surface area contributed by atoms with Gasteiger partial charge in [0.15, 0.2) is 0 Å². The minimum Gasteiger partial charge on any atom is -0.342 e. The molecule has 1 amide bonds. The lowest BCUT2D eigenvalue weighted by Gasteiger charge is -2.63. The Balaban J connectivity index is 1.61. The smallest absolute Gasteiger partial charge is 0.222 e. The van der Waals surface area contributed by atoms with Gasteiger partial charge in [-0.1, -0.05) is 27.7 Å². The van der Waals surface area contributed by atoms with Crippen molar-refractivity contribution in [3.05, 3.63) is 0 Å². The molecule has 2 nitrogen and oxygen atoms in total. The highest BCUT2D eigenvalue weighted by Crippen LogP contribution is 2.66. The molecule has 3 heteroatoms. The van der Waals surface area contributed by atoms with Crippen LogP contribution in [0.1, 0.15) is 79.1 Å². The second-order valence-corrected chi connectivity index (χ2v) is 12.1. The number of nitrogens with zero attached hydrogens (tertiary/aromatic N) is 1. The molecule has 1 saturated heterocycles. The van der Waals surface area contributed by atoms with Gasteiger partial charge in [-0.15, -0.1) is 0 Å². The maximum atomic E-state index is 12.4. The molecule has 148 valence electrons. The summed E-state index contributed by atoms with van der Waals surface area (Å²) in [5, 5.41) is 0.900. The molecule has 0 bridgehead atoms. The Hall–Kier alpha value is -0.180. The van der Waals surface area contributed by atoms with E-state index >= 15 is 0 Å². The monoisotopic (exact) mass is 377 g/mol. The summed E-state index contributed by atoms with van der Waals surface area (Å²) >= 11 is 2.26. The molecule has 3 unspecified atom stereocenters. The number of rotatable bonds is 3. The van der Waals surface area contributed by atoms with E-state index in [0.29, 0.717) is 22.8 Å². The van der Waals surface area contributed by atoms with Gasteiger partial charge in [0.25, 0.3) is 0 Å². The first-order chi connectivity index (χ1) is 12.3. The van der Waals surface area contributed by atoms with Gasteiger partial charge in [-0.3, -0.25) is 4.79 Å². The van der Waals surface area contributed by atoms with E-state index < -0.39 is 0 Å². The third-order valence-electron chi connectivity index (χ3n) is 9.22. The molecule has 3 saturated carbocycles. The van der Waals surface area contributed by atoms with Crippen molar-refractivity contribution in [2.75, 3.05) is 12.8 Å². The largest absolute Gasteiger partial charge is 0.342 e. The number of piperidine rings is 1. The van der Waals surface area contributed by atoms with E-state index in [0.717, 1.165) is 41.8 Å². The zero-order valence-electron chi connectivity index (χ0n) is 17.6. The number of carbonyl (C=O) groups excluding carboxylic acids is 1. The predicted octanol–water partition coefficient (Wildman–Crippen LogP) is 5.61. The van der Waals surface area contributed by atoms with Crippen LogP contribution < -0.4 is 0 Å². The fraction of sp³-hybridized carbons (Fsp3) is 0.957. The van der Waals surface area contributed by atoms with Gasteiger partial charge in [0.2, 0.25) is 5.91 Å². The van der Waals surface area contributed by atoms with Gasteiger partial charge >= 0.3 is 0 Å². The number of fused-ring (bicyclic) bond motifs is 5. The average molecular weight is 378 g/mol. The molecule has 0 spiro atoms. The molecule has 0 N–H and O–H groups in total. The average Bonchev–Trinajstić information content (AvgIpc) is 2.95. The maximum Gasteiger partial charge on any atom is 0.222 e. The van der Waals surface area contributed by atoms with Gasteiger partial charge in [-0.2, -0.15) is 11.8 Å². The van der Waals surface area contributed by atoms with Crippen molar-refractivity contribution in [3.8, 4) is 0 Å². The van der Waals surface area contributed by atoms with Crippen LogP contribution in [0.4, 0.5) is 0 Å². The van der Waals surface area contributed by atoms with Crippen LogP contribution in [0.25, 0.3) is 0 Å². The number of hydrogen-bond donors (Lipinski definition) is 0. The molecule has 0 radical (unpaired) electrons. The zero-order chi connectivity index (χ0) is 18.7. The van der Waals surface area contributed by atoms with Crippen molar-refractivity contribution in [2.24, 2.45) is 34.5 Å². The molecule has 1 aliphatic heterocycles. The second-order valence-electron chi connectivity index (χ2n) is 10.7. The van der Waals surface area contributed by atoms with Gasteiger partial charge < -0.3 is 4.90 Å². The summed E-state index contributed by atoms with van der Waals surface area (Å²) in [6.07, 6.45) is 10.2. The van der Waals surface area contributed by atoms with E-state index in [1.54, 1.807) is 0 Å². The number of carbonyl (C=O) groups is 1. The summed E-state index contributed by atoms with van der Waals surface area (Å²) in [7, 11) is 2.08. The van der Waals surface area contributed by atoms with Gasteiger partial charge in [-0.05, 0) is 85.2 Å². The first kappa shape index (κ1) is 19.2. The topological polar surface area (TPSA) is 20.3 Å². The molecule has 8 atom stereocenters. The Kier molecular flexibility index (Phi) is 4.94. The molecular formula is C23H39NOS. The van der Waals surface area contributed by atoms with Crippen LogP contribution in [-0.2, 0) is 4.79 Å². The van der Waals surface area contributed by atoms with Gasteiger partial charge in [0.1, 0.15) is 0 Å². The van der Waals surface area contributed by atoms with Crippen molar-refractivity contribution in [1.82, 2.24) is 4.90 Å². The van der Waals surface area contributed by atoms with Crippen molar-refractivity contribution in [2.45, 2.75) is 90.4 Å². The number of amides is 1. The normalized spacial score (nSPS) is 51.0. The van der Waals surface area contributed by atoms with Gasteiger partial charge in [0.05, 0.1) is 0 Å². The molecular weight excluding hydrogens is 338 g/mol. The lowest BCUT2D eigenvalue weighted by Crippen LogP contribution is -2.62. The first-order valence-corrected chi connectivity index (χ1v) is 12.2. The lowest BCUT2D eigenvalue weighted by molar-refractivity contribution is -0.164. The highest BCUT2D eigenvalue weighted by molar-refractivity contribution is 7.99. The highest BCUT2D eigenvalue weighted by Gasteiger charge is 2.61. The Morgan fingerprint density at radius 3 is 2.69 bits per heavy atom. The summed E-state index contributed by atoms with van der Waals surface area (Å²) in [4.78, 5) is 14.5. The number of hydrogen-bond acceptors (Lipinski definition) is 2. The van der Waals surface area contributed by atoms with Crippen LogP contribution in [-0.4, -0.2) is 34.9 Å². The summed E-state index contributed by atoms with van der Waals surface area (Å²) < 4.78 is 0. The molecule has 4 rings (SSSR count). The van der Waals surface area contributed by atoms with Crippen LogP contribution in [0.5, 0.6) is 0 Å². The summed E-state index contributed by atoms with van der Waals surface area (Å²) in [6, 6.07) is 0.482. The van der Waals surface area contributed by atoms with Crippen molar-refractivity contribution < 1.29 is 4.79 Å². The molecule has 4 aliphatic rings. The number of thioether (sulfide) groups is 1. The van der Waals surface area contributed by atoms with E-state index in [1.165, 1.54) is 44.3 Å². The highest BCUT2D eigenvalue weighted by atomic mass is 32.2. The number of likely N-dealkylation sites (tertiary alicyclic amines) is 1. The van der Waals surface area contributed by atoms with E-state index in [9.17, 15) is 4.79 Å². The zero-order valence-corrected chi connectivity index (χ0v) is 18.4. The molecule has 0 aromatic heterocycles. The van der Waals surface area contributed by atoms with Crippen LogP contribution in [0.2, 0.25) is 0 Å². The standard InChI is InChI=1S/C23H39NOS/c1-6-11-26-16-13-18-21-15(2)12-19-23(4,10-8-20(25)24(19)5)17(21)7-9-22(18,3)14-16/h15-19,21H,6-14H2,1-5H3/t15?,16?,17-,18+,19?,21-,22-,23-/m1/s1. The Morgan fingerprint density at radius 2 is 1.96 bits per heavy atom. The van der Waals surface area contributed by atoms with E-state index in [4.69, 9.17) is 0 Å². The summed E-state index contributed by atoms with van der Waals surface area (Å²) in [5.74, 6) is 5.14. The Bertz CT molecular complexity index is 564. The fourth-order valence-electron chi connectivity index (χ4n) is 7.87. The minimum absolute atomic E-state index is 0.357. The van der Waals surface area contributed by atoms with Crippen molar-refractivity contribution in [1.29, 1.82) is 0 Å². The van der Waals surface area contributed by atoms with Crippen LogP contribution in [0.15, 0.2) is 0 Å². The second kappa shape index (κ2) is 6.71. The fourth-order valence-corrected chi connectivity index (χ4v) is 9.28. The molecule has 26 heavy (non-hydrogen) atoms. The van der Waals surface area contributed by atoms with Crippen LogP contribution in [0, 0.1) is 34.5 Å². The quantitative estimate of drug-likeness (QED) is 0.637. The maximum absolute atomic E-state index is 12.4. The molecule has 3 aliphatic carbocycles. The van der Waals surface area contributed by atoms with Gasteiger partial charge in [0, 0.05) is 24.8 Å². The third kappa shape index (κ3) is 2.78. The molecule has 0 aromatic carbocycles. The predicted molar refractivity (Wildman–Crippen MR) is 111 cm³/mol. The lowest BCUT2D eigenvalue weighted by atomic mass is 9.45. The third-order valence-corrected chi connectivity index (χ3v) is 10.7. The van der Waals surface area contributed by atoms with Crippen molar-refractivity contribution >= 4 is 17.7 Å². The first-order valence-electron chi connectivity index (χ1n) is 11.2. The van der Waals surface area contributed by atoms with Gasteiger partial charge in [-0.25, -0.2) is 0 Å². The van der Waals surface area contributed by atoms with E-state index in [2.05, 4.69) is 51.4 Å². The van der Waals surface area contributed by atoms with Crippen LogP contribution in [0.3, 0.4) is 0 Å². The molecule has 0 aromatic rings.